The number of carbonyl (C=O) groups excluding carboxylic acids is 1. The van der Waals surface area contributed by atoms with Crippen molar-refractivity contribution >= 4 is 11.7 Å². The summed E-state index contributed by atoms with van der Waals surface area (Å²) in [4.78, 5) is 18.3. The average Bonchev–Trinajstić information content (AvgIpc) is 2.92. The van der Waals surface area contributed by atoms with Crippen LogP contribution in [0.3, 0.4) is 0 Å². The van der Waals surface area contributed by atoms with Crippen LogP contribution in [0.5, 0.6) is 0 Å². The van der Waals surface area contributed by atoms with Crippen molar-refractivity contribution < 1.29 is 4.79 Å². The second kappa shape index (κ2) is 5.23. The molecule has 0 aromatic carbocycles. The van der Waals surface area contributed by atoms with Crippen LogP contribution in [0.25, 0.3) is 0 Å². The molecule has 0 unspecified atom stereocenters. The van der Waals surface area contributed by atoms with Gasteiger partial charge in [-0.05, 0) is 25.7 Å². The topological polar surface area (TPSA) is 84.7 Å². The van der Waals surface area contributed by atoms with Crippen molar-refractivity contribution in [3.8, 4) is 0 Å². The normalized spacial score (nSPS) is 23.5. The molecule has 0 saturated heterocycles. The number of nitrogens with two attached hydrogens (primary N) is 2. The van der Waals surface area contributed by atoms with Crippen LogP contribution < -0.4 is 11.5 Å². The fraction of sp³-hybridized carbons (Fsp3) is 0.714. The van der Waals surface area contributed by atoms with Gasteiger partial charge in [0.25, 0.3) is 0 Å². The molecular weight excluding hydrogens is 240 g/mol. The minimum absolute atomic E-state index is 0.0776. The van der Waals surface area contributed by atoms with Crippen LogP contribution in [0, 0.1) is 5.41 Å². The van der Waals surface area contributed by atoms with E-state index in [4.69, 9.17) is 11.5 Å². The Morgan fingerprint density at radius 3 is 2.42 bits per heavy atom. The molecule has 2 aliphatic rings. The summed E-state index contributed by atoms with van der Waals surface area (Å²) in [6, 6.07) is 0.287. The van der Waals surface area contributed by atoms with Gasteiger partial charge in [-0.15, -0.1) is 0 Å². The van der Waals surface area contributed by atoms with Gasteiger partial charge >= 0.3 is 0 Å². The Labute approximate surface area is 114 Å². The lowest BCUT2D eigenvalue weighted by molar-refractivity contribution is -0.132. The molecule has 2 rings (SSSR count). The molecule has 0 aliphatic heterocycles. The van der Waals surface area contributed by atoms with E-state index in [-0.39, 0.29) is 17.4 Å². The summed E-state index contributed by atoms with van der Waals surface area (Å²) in [5.74, 6) is 0.461. The van der Waals surface area contributed by atoms with Crippen LogP contribution in [0.2, 0.25) is 0 Å². The largest absolute Gasteiger partial charge is 0.403 e. The van der Waals surface area contributed by atoms with Crippen LogP contribution in [0.15, 0.2) is 16.9 Å². The van der Waals surface area contributed by atoms with Gasteiger partial charge in [-0.3, -0.25) is 9.79 Å². The van der Waals surface area contributed by atoms with Gasteiger partial charge in [-0.1, -0.05) is 19.8 Å². The second-order valence-electron chi connectivity index (χ2n) is 5.93. The molecule has 2 fully saturated rings. The van der Waals surface area contributed by atoms with E-state index in [2.05, 4.69) is 4.99 Å². The summed E-state index contributed by atoms with van der Waals surface area (Å²) < 4.78 is 0. The van der Waals surface area contributed by atoms with E-state index in [9.17, 15) is 4.79 Å². The number of hydrogen-bond acceptors (Lipinski definition) is 3. The summed E-state index contributed by atoms with van der Waals surface area (Å²) in [5, 5.41) is 0. The van der Waals surface area contributed by atoms with Crippen molar-refractivity contribution in [1.29, 1.82) is 0 Å². The first-order chi connectivity index (χ1) is 8.98. The van der Waals surface area contributed by atoms with Crippen LogP contribution in [-0.4, -0.2) is 29.7 Å². The van der Waals surface area contributed by atoms with E-state index in [0.29, 0.717) is 11.5 Å². The number of rotatable bonds is 4. The van der Waals surface area contributed by atoms with Gasteiger partial charge in [0.1, 0.15) is 11.5 Å². The zero-order chi connectivity index (χ0) is 14.0. The van der Waals surface area contributed by atoms with Gasteiger partial charge in [-0.2, -0.15) is 0 Å². The molecule has 0 atom stereocenters. The number of carbonyl (C=O) groups is 1. The minimum atomic E-state index is -0.226. The highest BCUT2D eigenvalue weighted by Crippen LogP contribution is 2.46. The van der Waals surface area contributed by atoms with Gasteiger partial charge in [0.15, 0.2) is 0 Å². The highest BCUT2D eigenvalue weighted by molar-refractivity contribution is 6.01. The van der Waals surface area contributed by atoms with Gasteiger partial charge in [0.05, 0.1) is 6.04 Å². The Bertz CT molecular complexity index is 417. The third kappa shape index (κ3) is 2.91. The molecule has 0 bridgehead atoms. The van der Waals surface area contributed by atoms with Gasteiger partial charge in [0, 0.05) is 18.7 Å². The molecule has 0 heterocycles. The Kier molecular flexibility index (Phi) is 3.83. The summed E-state index contributed by atoms with van der Waals surface area (Å²) in [5.41, 5.74) is 12.0. The summed E-state index contributed by atoms with van der Waals surface area (Å²) in [6.07, 6.45) is 7.83. The van der Waals surface area contributed by atoms with Crippen molar-refractivity contribution in [2.75, 3.05) is 7.05 Å². The fourth-order valence-corrected chi connectivity index (χ4v) is 2.58. The summed E-state index contributed by atoms with van der Waals surface area (Å²) >= 11 is 0. The van der Waals surface area contributed by atoms with Crippen molar-refractivity contribution in [2.45, 2.75) is 51.5 Å². The zero-order valence-corrected chi connectivity index (χ0v) is 11.9. The monoisotopic (exact) mass is 264 g/mol. The molecule has 0 spiro atoms. The van der Waals surface area contributed by atoms with Crippen LogP contribution >= 0.6 is 0 Å². The predicted octanol–water partition coefficient (Wildman–Crippen LogP) is 1.34. The third-order valence-electron chi connectivity index (χ3n) is 4.25. The van der Waals surface area contributed by atoms with Crippen LogP contribution in [-0.2, 0) is 4.79 Å². The number of likely N-dealkylation sites (N-methyl/N-ethyl adjacent to an activating group) is 1. The molecule has 5 heteroatoms. The molecule has 2 saturated carbocycles. The lowest BCUT2D eigenvalue weighted by Crippen LogP contribution is -2.38. The summed E-state index contributed by atoms with van der Waals surface area (Å²) in [7, 11) is 1.72. The molecule has 106 valence electrons. The van der Waals surface area contributed by atoms with E-state index in [1.165, 1.54) is 19.0 Å². The maximum atomic E-state index is 12.3. The van der Waals surface area contributed by atoms with E-state index in [1.54, 1.807) is 11.9 Å². The van der Waals surface area contributed by atoms with Gasteiger partial charge in [-0.25, -0.2) is 0 Å². The quantitative estimate of drug-likeness (QED) is 0.593. The number of amides is 1. The Balaban J connectivity index is 2.08. The lowest BCUT2D eigenvalue weighted by atomic mass is 10.1. The van der Waals surface area contributed by atoms with Gasteiger partial charge in [0.2, 0.25) is 5.91 Å². The Morgan fingerprint density at radius 1 is 1.37 bits per heavy atom. The number of amidine groups is 1. The van der Waals surface area contributed by atoms with E-state index in [0.717, 1.165) is 25.7 Å². The number of nitrogens with zero attached hydrogens (tertiary/aromatic N) is 2. The molecular formula is C14H24N4O. The fourth-order valence-electron chi connectivity index (χ4n) is 2.58. The van der Waals surface area contributed by atoms with E-state index >= 15 is 0 Å². The molecule has 4 N–H and O–H groups in total. The zero-order valence-electron chi connectivity index (χ0n) is 11.9. The molecule has 1 amide bonds. The Morgan fingerprint density at radius 2 is 1.95 bits per heavy atom. The minimum Gasteiger partial charge on any atom is -0.403 e. The molecule has 19 heavy (non-hydrogen) atoms. The molecule has 0 radical (unpaired) electrons. The first kappa shape index (κ1) is 13.9. The van der Waals surface area contributed by atoms with Crippen LogP contribution in [0.4, 0.5) is 0 Å². The molecule has 5 nitrogen and oxygen atoms in total. The third-order valence-corrected chi connectivity index (χ3v) is 4.25. The number of aliphatic imine (C=N–C) groups is 1. The first-order valence-corrected chi connectivity index (χ1v) is 7.01. The number of hydrogen-bond donors (Lipinski definition) is 2. The maximum absolute atomic E-state index is 12.3. The maximum Gasteiger partial charge on any atom is 0.232 e. The average molecular weight is 264 g/mol. The Hall–Kier alpha value is -1.52. The molecule has 0 aromatic heterocycles. The van der Waals surface area contributed by atoms with Gasteiger partial charge < -0.3 is 16.4 Å². The highest BCUT2D eigenvalue weighted by atomic mass is 16.2. The van der Waals surface area contributed by atoms with Crippen molar-refractivity contribution in [3.63, 3.8) is 0 Å². The van der Waals surface area contributed by atoms with E-state index < -0.39 is 0 Å². The SMILES string of the molecule is CN(C(=O)C1(C)CC1)/C(=C/N)C(N)=NC1CCCC1. The summed E-state index contributed by atoms with van der Waals surface area (Å²) in [6.45, 7) is 1.98. The standard InChI is InChI=1S/C14H24N4O/c1-14(7-8-14)13(19)18(2)11(9-15)12(16)17-10-5-3-4-6-10/h9-10H,3-8,15H2,1-2H3,(H2,16,17)/b11-9+. The first-order valence-electron chi connectivity index (χ1n) is 7.01. The molecule has 0 aromatic rings. The smallest absolute Gasteiger partial charge is 0.232 e. The van der Waals surface area contributed by atoms with E-state index in [1.807, 2.05) is 6.92 Å². The lowest BCUT2D eigenvalue weighted by Gasteiger charge is -2.23. The van der Waals surface area contributed by atoms with Crippen molar-refractivity contribution in [2.24, 2.45) is 21.9 Å². The predicted molar refractivity (Wildman–Crippen MR) is 76.3 cm³/mol. The second-order valence-corrected chi connectivity index (χ2v) is 5.93. The van der Waals surface area contributed by atoms with Crippen molar-refractivity contribution in [3.05, 3.63) is 11.9 Å². The highest BCUT2D eigenvalue weighted by Gasteiger charge is 2.47. The van der Waals surface area contributed by atoms with Crippen molar-refractivity contribution in [1.82, 2.24) is 4.90 Å². The molecule has 2 aliphatic carbocycles. The van der Waals surface area contributed by atoms with Crippen LogP contribution in [0.1, 0.15) is 45.4 Å².